The van der Waals surface area contributed by atoms with E-state index in [-0.39, 0.29) is 18.2 Å². The van der Waals surface area contributed by atoms with E-state index in [9.17, 15) is 9.59 Å². The van der Waals surface area contributed by atoms with E-state index in [2.05, 4.69) is 10.6 Å². The number of hydrogen-bond acceptors (Lipinski definition) is 4. The Bertz CT molecular complexity index is 612. The predicted molar refractivity (Wildman–Crippen MR) is 88.1 cm³/mol. The number of rotatable bonds is 6. The van der Waals surface area contributed by atoms with Gasteiger partial charge in [0, 0.05) is 23.5 Å². The van der Waals surface area contributed by atoms with Crippen molar-refractivity contribution in [1.29, 1.82) is 0 Å². The van der Waals surface area contributed by atoms with Gasteiger partial charge in [-0.15, -0.1) is 23.1 Å². The zero-order valence-corrected chi connectivity index (χ0v) is 13.2. The Kier molecular flexibility index (Phi) is 5.83. The van der Waals surface area contributed by atoms with Crippen LogP contribution in [0.1, 0.15) is 16.1 Å². The van der Waals surface area contributed by atoms with Gasteiger partial charge >= 0.3 is 0 Å². The van der Waals surface area contributed by atoms with Crippen LogP contribution in [-0.2, 0) is 4.79 Å². The second-order valence-electron chi connectivity index (χ2n) is 4.26. The van der Waals surface area contributed by atoms with E-state index in [0.717, 1.165) is 10.6 Å². The van der Waals surface area contributed by atoms with Gasteiger partial charge in [0.25, 0.3) is 5.91 Å². The molecule has 0 unspecified atom stereocenters. The van der Waals surface area contributed by atoms with Gasteiger partial charge < -0.3 is 10.6 Å². The molecule has 2 aromatic rings. The van der Waals surface area contributed by atoms with Gasteiger partial charge in [0.05, 0.1) is 4.88 Å². The summed E-state index contributed by atoms with van der Waals surface area (Å²) in [6.07, 6.45) is 2.24. The summed E-state index contributed by atoms with van der Waals surface area (Å²) in [6, 6.07) is 11.2. The summed E-state index contributed by atoms with van der Waals surface area (Å²) in [5.74, 6) is -0.248. The fourth-order valence-electron chi connectivity index (χ4n) is 1.71. The molecular weight excluding hydrogens is 304 g/mol. The molecular formula is C15H16N2O2S2. The summed E-state index contributed by atoms with van der Waals surface area (Å²) < 4.78 is 0. The van der Waals surface area contributed by atoms with Crippen LogP contribution in [0, 0.1) is 0 Å². The largest absolute Gasteiger partial charge is 0.351 e. The molecule has 0 aliphatic heterocycles. The Morgan fingerprint density at radius 1 is 1.24 bits per heavy atom. The highest BCUT2D eigenvalue weighted by Crippen LogP contribution is 2.18. The lowest BCUT2D eigenvalue weighted by molar-refractivity contribution is -0.116. The molecule has 0 saturated carbocycles. The molecule has 6 heteroatoms. The number of hydrogen-bond donors (Lipinski definition) is 2. The van der Waals surface area contributed by atoms with E-state index in [1.807, 2.05) is 42.0 Å². The number of thioether (sulfide) groups is 1. The summed E-state index contributed by atoms with van der Waals surface area (Å²) in [5.41, 5.74) is 0.774. The molecule has 4 nitrogen and oxygen atoms in total. The van der Waals surface area contributed by atoms with Crippen LogP contribution in [0.25, 0.3) is 0 Å². The van der Waals surface area contributed by atoms with Gasteiger partial charge in [-0.3, -0.25) is 9.59 Å². The Balaban J connectivity index is 1.76. The Morgan fingerprint density at radius 3 is 2.81 bits per heavy atom. The van der Waals surface area contributed by atoms with Gasteiger partial charge in [-0.25, -0.2) is 0 Å². The van der Waals surface area contributed by atoms with E-state index in [1.165, 1.54) is 11.3 Å². The molecule has 0 radical (unpaired) electrons. The summed E-state index contributed by atoms with van der Waals surface area (Å²) in [5, 5.41) is 7.40. The minimum atomic E-state index is -0.137. The topological polar surface area (TPSA) is 58.2 Å². The van der Waals surface area contributed by atoms with Crippen molar-refractivity contribution in [2.24, 2.45) is 0 Å². The Hall–Kier alpha value is -1.79. The third kappa shape index (κ3) is 4.91. The van der Waals surface area contributed by atoms with Gasteiger partial charge in [0.15, 0.2) is 0 Å². The molecule has 0 bridgehead atoms. The lowest BCUT2D eigenvalue weighted by Crippen LogP contribution is -2.27. The van der Waals surface area contributed by atoms with Crippen LogP contribution in [0.2, 0.25) is 0 Å². The number of nitrogens with one attached hydrogen (secondary N) is 2. The monoisotopic (exact) mass is 320 g/mol. The average Bonchev–Trinajstić information content (AvgIpc) is 3.01. The van der Waals surface area contributed by atoms with E-state index in [1.54, 1.807) is 17.8 Å². The fourth-order valence-corrected chi connectivity index (χ4v) is 2.81. The van der Waals surface area contributed by atoms with Crippen LogP contribution < -0.4 is 10.6 Å². The molecule has 0 spiro atoms. The second-order valence-corrected chi connectivity index (χ2v) is 6.09. The number of benzene rings is 1. The van der Waals surface area contributed by atoms with Gasteiger partial charge in [-0.1, -0.05) is 12.1 Å². The molecule has 1 aromatic heterocycles. The van der Waals surface area contributed by atoms with E-state index < -0.39 is 0 Å². The number of thiophene rings is 1. The summed E-state index contributed by atoms with van der Waals surface area (Å²) in [7, 11) is 0. The molecule has 1 aromatic carbocycles. The average molecular weight is 320 g/mol. The number of amides is 2. The standard InChI is InChI=1S/C15H16N2O2S2/c1-20-12-5-2-4-11(10-12)17-14(18)7-8-16-15(19)13-6-3-9-21-13/h2-6,9-10H,7-8H2,1H3,(H,16,19)(H,17,18). The predicted octanol–water partition coefficient (Wildman–Crippen LogP) is 3.23. The third-order valence-corrected chi connectivity index (χ3v) is 4.33. The Labute approximate surface area is 131 Å². The first-order chi connectivity index (χ1) is 10.2. The molecule has 2 N–H and O–H groups in total. The quantitative estimate of drug-likeness (QED) is 0.804. The minimum absolute atomic E-state index is 0.111. The van der Waals surface area contributed by atoms with Crippen molar-refractivity contribution in [3.8, 4) is 0 Å². The first-order valence-corrected chi connectivity index (χ1v) is 8.55. The summed E-state index contributed by atoms with van der Waals surface area (Å²) in [4.78, 5) is 25.3. The molecule has 0 atom stereocenters. The van der Waals surface area contributed by atoms with Crippen LogP contribution in [-0.4, -0.2) is 24.6 Å². The van der Waals surface area contributed by atoms with Crippen LogP contribution in [0.4, 0.5) is 5.69 Å². The van der Waals surface area contributed by atoms with Crippen molar-refractivity contribution >= 4 is 40.6 Å². The van der Waals surface area contributed by atoms with Crippen molar-refractivity contribution < 1.29 is 9.59 Å². The van der Waals surface area contributed by atoms with Crippen molar-refractivity contribution in [2.75, 3.05) is 18.1 Å². The number of carbonyl (C=O) groups excluding carboxylic acids is 2. The van der Waals surface area contributed by atoms with Crippen LogP contribution in [0.3, 0.4) is 0 Å². The second kappa shape index (κ2) is 7.85. The van der Waals surface area contributed by atoms with Crippen molar-refractivity contribution in [1.82, 2.24) is 5.32 Å². The highest BCUT2D eigenvalue weighted by molar-refractivity contribution is 7.98. The van der Waals surface area contributed by atoms with Crippen LogP contribution in [0.5, 0.6) is 0 Å². The first kappa shape index (κ1) is 15.6. The molecule has 2 rings (SSSR count). The van der Waals surface area contributed by atoms with Gasteiger partial charge in [0.1, 0.15) is 0 Å². The third-order valence-electron chi connectivity index (χ3n) is 2.74. The maximum atomic E-state index is 11.8. The number of carbonyl (C=O) groups is 2. The number of anilines is 1. The molecule has 1 heterocycles. The molecule has 0 aliphatic rings. The van der Waals surface area contributed by atoms with Crippen molar-refractivity contribution in [3.63, 3.8) is 0 Å². The fraction of sp³-hybridized carbons (Fsp3) is 0.200. The van der Waals surface area contributed by atoms with Gasteiger partial charge in [0.2, 0.25) is 5.91 Å². The van der Waals surface area contributed by atoms with E-state index in [4.69, 9.17) is 0 Å². The molecule has 0 aliphatic carbocycles. The zero-order valence-electron chi connectivity index (χ0n) is 11.6. The highest BCUT2D eigenvalue weighted by Gasteiger charge is 2.07. The summed E-state index contributed by atoms with van der Waals surface area (Å²) >= 11 is 3.00. The normalized spacial score (nSPS) is 10.1. The molecule has 2 amide bonds. The first-order valence-electron chi connectivity index (χ1n) is 6.44. The highest BCUT2D eigenvalue weighted by atomic mass is 32.2. The molecule has 0 saturated heterocycles. The van der Waals surface area contributed by atoms with Crippen molar-refractivity contribution in [3.05, 3.63) is 46.7 Å². The molecule has 0 fully saturated rings. The lowest BCUT2D eigenvalue weighted by Gasteiger charge is -2.07. The maximum absolute atomic E-state index is 11.8. The maximum Gasteiger partial charge on any atom is 0.261 e. The SMILES string of the molecule is CSc1cccc(NC(=O)CCNC(=O)c2cccs2)c1. The zero-order chi connectivity index (χ0) is 15.1. The van der Waals surface area contributed by atoms with Gasteiger partial charge in [-0.2, -0.15) is 0 Å². The Morgan fingerprint density at radius 2 is 2.10 bits per heavy atom. The smallest absolute Gasteiger partial charge is 0.261 e. The van der Waals surface area contributed by atoms with E-state index in [0.29, 0.717) is 11.4 Å². The van der Waals surface area contributed by atoms with Crippen LogP contribution >= 0.6 is 23.1 Å². The molecule has 21 heavy (non-hydrogen) atoms. The minimum Gasteiger partial charge on any atom is -0.351 e. The lowest BCUT2D eigenvalue weighted by atomic mass is 10.3. The molecule has 110 valence electrons. The van der Waals surface area contributed by atoms with Gasteiger partial charge in [-0.05, 0) is 35.9 Å². The summed E-state index contributed by atoms with van der Waals surface area (Å²) in [6.45, 7) is 0.324. The van der Waals surface area contributed by atoms with Crippen molar-refractivity contribution in [2.45, 2.75) is 11.3 Å². The van der Waals surface area contributed by atoms with E-state index >= 15 is 0 Å². The van der Waals surface area contributed by atoms with Crippen LogP contribution in [0.15, 0.2) is 46.7 Å².